The minimum atomic E-state index is -4.48. The third kappa shape index (κ3) is 9.15. The molecule has 3 aromatic rings. The summed E-state index contributed by atoms with van der Waals surface area (Å²) in [5.41, 5.74) is 0.567. The van der Waals surface area contributed by atoms with Crippen LogP contribution in [0.1, 0.15) is 38.7 Å². The third-order valence-electron chi connectivity index (χ3n) is 7.45. The van der Waals surface area contributed by atoms with Gasteiger partial charge in [-0.1, -0.05) is 49.5 Å². The van der Waals surface area contributed by atoms with Crippen LogP contribution in [0, 0.1) is 0 Å². The smallest absolute Gasteiger partial charge is 0.265 e. The van der Waals surface area contributed by atoms with Crippen LogP contribution >= 0.6 is 23.2 Å². The quantitative estimate of drug-likeness (QED) is 0.171. The zero-order chi connectivity index (χ0) is 34.7. The molecule has 0 spiro atoms. The summed E-state index contributed by atoms with van der Waals surface area (Å²) < 4.78 is 51.5. The summed E-state index contributed by atoms with van der Waals surface area (Å²) in [6, 6.07) is 12.6. The molecule has 3 aromatic carbocycles. The van der Waals surface area contributed by atoms with E-state index in [0.29, 0.717) is 33.7 Å². The zero-order valence-corrected chi connectivity index (χ0v) is 29.7. The van der Waals surface area contributed by atoms with Crippen molar-refractivity contribution >= 4 is 50.7 Å². The number of halogens is 2. The lowest BCUT2D eigenvalue weighted by atomic mass is 10.1. The molecule has 2 amide bonds. The van der Waals surface area contributed by atoms with Gasteiger partial charge in [-0.15, -0.1) is 0 Å². The minimum absolute atomic E-state index is 0.0416. The molecule has 0 aliphatic rings. The Balaban J connectivity index is 2.20. The van der Waals surface area contributed by atoms with E-state index >= 15 is 0 Å². The van der Waals surface area contributed by atoms with Crippen LogP contribution in [-0.4, -0.2) is 72.7 Å². The van der Waals surface area contributed by atoms with Gasteiger partial charge < -0.3 is 29.2 Å². The molecular formula is C33H41Cl2N3O8S. The summed E-state index contributed by atoms with van der Waals surface area (Å²) in [6.45, 7) is 3.41. The van der Waals surface area contributed by atoms with Crippen LogP contribution in [0.5, 0.6) is 23.0 Å². The number of amides is 2. The van der Waals surface area contributed by atoms with Crippen LogP contribution in [0.4, 0.5) is 5.69 Å². The van der Waals surface area contributed by atoms with Gasteiger partial charge in [-0.25, -0.2) is 8.42 Å². The van der Waals surface area contributed by atoms with Gasteiger partial charge in [0.15, 0.2) is 11.5 Å². The number of carbonyl (C=O) groups is 2. The van der Waals surface area contributed by atoms with Crippen molar-refractivity contribution < 1.29 is 37.0 Å². The molecule has 14 heteroatoms. The molecular weight excluding hydrogens is 669 g/mol. The fourth-order valence-corrected chi connectivity index (χ4v) is 6.77. The molecule has 256 valence electrons. The van der Waals surface area contributed by atoms with E-state index in [1.54, 1.807) is 25.1 Å². The molecule has 1 unspecified atom stereocenters. The van der Waals surface area contributed by atoms with Crippen LogP contribution < -0.4 is 28.6 Å². The molecule has 1 atom stereocenters. The second kappa shape index (κ2) is 17.3. The average Bonchev–Trinajstić information content (AvgIpc) is 3.07. The van der Waals surface area contributed by atoms with Crippen LogP contribution in [-0.2, 0) is 26.2 Å². The highest BCUT2D eigenvalue weighted by molar-refractivity contribution is 7.92. The number of rotatable bonds is 17. The Labute approximate surface area is 286 Å². The number of hydrogen-bond acceptors (Lipinski definition) is 8. The van der Waals surface area contributed by atoms with E-state index in [2.05, 4.69) is 5.32 Å². The van der Waals surface area contributed by atoms with E-state index < -0.39 is 28.5 Å². The van der Waals surface area contributed by atoms with Crippen molar-refractivity contribution in [1.29, 1.82) is 0 Å². The van der Waals surface area contributed by atoms with E-state index in [0.717, 1.165) is 17.1 Å². The zero-order valence-electron chi connectivity index (χ0n) is 27.3. The lowest BCUT2D eigenvalue weighted by Crippen LogP contribution is -2.52. The lowest BCUT2D eigenvalue weighted by Gasteiger charge is -2.33. The fraction of sp³-hybridized carbons (Fsp3) is 0.394. The van der Waals surface area contributed by atoms with Crippen molar-refractivity contribution in [2.45, 2.75) is 50.6 Å². The summed E-state index contributed by atoms with van der Waals surface area (Å²) in [4.78, 5) is 29.1. The first-order chi connectivity index (χ1) is 22.4. The van der Waals surface area contributed by atoms with E-state index in [1.165, 1.54) is 69.7 Å². The maximum absolute atomic E-state index is 14.5. The first-order valence-corrected chi connectivity index (χ1v) is 17.1. The normalized spacial score (nSPS) is 11.7. The number of unbranched alkanes of at least 4 members (excludes halogenated alkanes) is 1. The SMILES string of the molecule is CCCCNC(=O)C(CC)N(Cc1ccc(Cl)cc1Cl)C(=O)CN(c1cc(OC)ccc1OC)S(=O)(=O)c1ccc(OC)c(OC)c1. The molecule has 0 aromatic heterocycles. The fourth-order valence-electron chi connectivity index (χ4n) is 4.87. The van der Waals surface area contributed by atoms with Gasteiger partial charge in [-0.05, 0) is 54.8 Å². The number of nitrogens with zero attached hydrogens (tertiary/aromatic N) is 2. The van der Waals surface area contributed by atoms with Crippen LogP contribution in [0.15, 0.2) is 59.5 Å². The largest absolute Gasteiger partial charge is 0.497 e. The molecule has 0 aliphatic heterocycles. The number of nitrogens with one attached hydrogen (secondary N) is 1. The van der Waals surface area contributed by atoms with Crippen LogP contribution in [0.25, 0.3) is 0 Å². The molecule has 1 N–H and O–H groups in total. The van der Waals surface area contributed by atoms with Crippen LogP contribution in [0.2, 0.25) is 10.0 Å². The second-order valence-corrected chi connectivity index (χ2v) is 13.1. The molecule has 0 radical (unpaired) electrons. The Kier molecular flexibility index (Phi) is 13.9. The van der Waals surface area contributed by atoms with E-state index in [9.17, 15) is 18.0 Å². The Bertz CT molecular complexity index is 1650. The van der Waals surface area contributed by atoms with E-state index in [1.807, 2.05) is 6.92 Å². The number of sulfonamides is 1. The van der Waals surface area contributed by atoms with E-state index in [-0.39, 0.29) is 41.0 Å². The lowest BCUT2D eigenvalue weighted by molar-refractivity contribution is -0.140. The van der Waals surface area contributed by atoms with Gasteiger partial charge in [0.05, 0.1) is 39.0 Å². The summed E-state index contributed by atoms with van der Waals surface area (Å²) in [5.74, 6) is -0.0492. The number of ether oxygens (including phenoxy) is 4. The Morgan fingerprint density at radius 1 is 0.851 bits per heavy atom. The predicted octanol–water partition coefficient (Wildman–Crippen LogP) is 5.95. The first kappa shape index (κ1) is 37.6. The molecule has 3 rings (SSSR count). The molecule has 11 nitrogen and oxygen atoms in total. The summed E-state index contributed by atoms with van der Waals surface area (Å²) >= 11 is 12.6. The highest BCUT2D eigenvalue weighted by Gasteiger charge is 2.35. The number of benzene rings is 3. The van der Waals surface area contributed by atoms with Gasteiger partial charge in [-0.3, -0.25) is 13.9 Å². The van der Waals surface area contributed by atoms with E-state index in [4.69, 9.17) is 42.1 Å². The van der Waals surface area contributed by atoms with Gasteiger partial charge in [0.2, 0.25) is 11.8 Å². The first-order valence-electron chi connectivity index (χ1n) is 14.9. The Morgan fingerprint density at radius 3 is 2.13 bits per heavy atom. The molecule has 0 fully saturated rings. The van der Waals surface area contributed by atoms with Gasteiger partial charge in [0, 0.05) is 35.3 Å². The van der Waals surface area contributed by atoms with Gasteiger partial charge in [0.25, 0.3) is 10.0 Å². The summed E-state index contributed by atoms with van der Waals surface area (Å²) in [7, 11) is 1.16. The van der Waals surface area contributed by atoms with Gasteiger partial charge in [0.1, 0.15) is 24.1 Å². The molecule has 0 bridgehead atoms. The number of anilines is 1. The predicted molar refractivity (Wildman–Crippen MR) is 183 cm³/mol. The van der Waals surface area contributed by atoms with Crippen molar-refractivity contribution in [1.82, 2.24) is 10.2 Å². The van der Waals surface area contributed by atoms with Crippen molar-refractivity contribution in [2.75, 3.05) is 45.8 Å². The summed E-state index contributed by atoms with van der Waals surface area (Å²) in [6.07, 6.45) is 1.87. The Hall–Kier alpha value is -3.87. The highest BCUT2D eigenvalue weighted by atomic mass is 35.5. The van der Waals surface area contributed by atoms with Crippen molar-refractivity contribution in [3.05, 3.63) is 70.2 Å². The van der Waals surface area contributed by atoms with Gasteiger partial charge in [-0.2, -0.15) is 0 Å². The van der Waals surface area contributed by atoms with Crippen molar-refractivity contribution in [2.24, 2.45) is 0 Å². The molecule has 47 heavy (non-hydrogen) atoms. The third-order valence-corrected chi connectivity index (χ3v) is 9.79. The minimum Gasteiger partial charge on any atom is -0.497 e. The maximum Gasteiger partial charge on any atom is 0.265 e. The van der Waals surface area contributed by atoms with Crippen LogP contribution in [0.3, 0.4) is 0 Å². The maximum atomic E-state index is 14.5. The average molecular weight is 711 g/mol. The second-order valence-electron chi connectivity index (χ2n) is 10.4. The molecule has 0 saturated carbocycles. The topological polar surface area (TPSA) is 124 Å². The van der Waals surface area contributed by atoms with Gasteiger partial charge >= 0.3 is 0 Å². The molecule has 0 heterocycles. The molecule has 0 aliphatic carbocycles. The van der Waals surface area contributed by atoms with Crippen molar-refractivity contribution in [3.8, 4) is 23.0 Å². The van der Waals surface area contributed by atoms with Crippen molar-refractivity contribution in [3.63, 3.8) is 0 Å². The number of methoxy groups -OCH3 is 4. The standard InChI is InChI=1S/C33H41Cl2N3O8S/c1-7-9-16-36-33(40)27(8-2)37(20-22-10-11-23(34)17-26(22)35)32(39)21-38(28-18-24(43-3)12-14-29(28)44-4)47(41,42)25-13-15-30(45-5)31(19-25)46-6/h10-15,17-19,27H,7-9,16,20-21H2,1-6H3,(H,36,40). The Morgan fingerprint density at radius 2 is 1.53 bits per heavy atom. The summed E-state index contributed by atoms with van der Waals surface area (Å²) in [5, 5.41) is 3.59. The number of hydrogen-bond donors (Lipinski definition) is 1. The molecule has 0 saturated heterocycles. The highest BCUT2D eigenvalue weighted by Crippen LogP contribution is 2.38. The monoisotopic (exact) mass is 709 g/mol. The number of carbonyl (C=O) groups excluding carboxylic acids is 2.